The van der Waals surface area contributed by atoms with E-state index in [0.29, 0.717) is 28.5 Å². The fourth-order valence-electron chi connectivity index (χ4n) is 1.18. The third-order valence-corrected chi connectivity index (χ3v) is 2.71. The van der Waals surface area contributed by atoms with Crippen LogP contribution in [0.3, 0.4) is 0 Å². The Morgan fingerprint density at radius 2 is 2.06 bits per heavy atom. The van der Waals surface area contributed by atoms with Gasteiger partial charge >= 0.3 is 0 Å². The molecule has 0 saturated heterocycles. The molecule has 0 amide bonds. The molecule has 0 aliphatic carbocycles. The van der Waals surface area contributed by atoms with Crippen LogP contribution in [0.1, 0.15) is 19.4 Å². The summed E-state index contributed by atoms with van der Waals surface area (Å²) in [7, 11) is 0. The van der Waals surface area contributed by atoms with Crippen molar-refractivity contribution in [1.29, 1.82) is 0 Å². The van der Waals surface area contributed by atoms with E-state index in [-0.39, 0.29) is 24.0 Å². The minimum atomic E-state index is 0. The summed E-state index contributed by atoms with van der Waals surface area (Å²) in [5.41, 5.74) is 6.63. The van der Waals surface area contributed by atoms with Crippen molar-refractivity contribution < 1.29 is 0 Å². The largest absolute Gasteiger partial charge is 0.370 e. The quantitative estimate of drug-likeness (QED) is 0.459. The fraction of sp³-hybridized carbons (Fsp3) is 0.417. The van der Waals surface area contributed by atoms with Gasteiger partial charge in [0, 0.05) is 16.6 Å². The Bertz CT molecular complexity index is 408. The van der Waals surface area contributed by atoms with Gasteiger partial charge in [0.1, 0.15) is 0 Å². The number of hydrogen-bond acceptors (Lipinski definition) is 1. The van der Waals surface area contributed by atoms with Crippen LogP contribution in [0.2, 0.25) is 10.0 Å². The van der Waals surface area contributed by atoms with Gasteiger partial charge in [-0.2, -0.15) is 0 Å². The van der Waals surface area contributed by atoms with Crippen molar-refractivity contribution in [3.63, 3.8) is 0 Å². The standard InChI is InChI=1S/C12H17Cl2N3.HI/c1-8(2)6-16-12(15)17-7-9-3-4-10(13)5-11(9)14;/h3-5,8H,6-7H2,1-2H3,(H3,15,16,17);1H. The van der Waals surface area contributed by atoms with E-state index in [2.05, 4.69) is 24.2 Å². The van der Waals surface area contributed by atoms with Crippen molar-refractivity contribution in [2.45, 2.75) is 20.4 Å². The van der Waals surface area contributed by atoms with Gasteiger partial charge in [0.05, 0.1) is 6.54 Å². The van der Waals surface area contributed by atoms with Gasteiger partial charge in [-0.15, -0.1) is 24.0 Å². The molecule has 3 nitrogen and oxygen atoms in total. The average molecular weight is 402 g/mol. The minimum Gasteiger partial charge on any atom is -0.370 e. The predicted molar refractivity (Wildman–Crippen MR) is 90.0 cm³/mol. The molecule has 18 heavy (non-hydrogen) atoms. The average Bonchev–Trinajstić information content (AvgIpc) is 2.25. The number of benzene rings is 1. The summed E-state index contributed by atoms with van der Waals surface area (Å²) in [5.74, 6) is 0.965. The fourth-order valence-corrected chi connectivity index (χ4v) is 1.65. The zero-order valence-corrected chi connectivity index (χ0v) is 14.3. The van der Waals surface area contributed by atoms with E-state index in [1.807, 2.05) is 6.07 Å². The predicted octanol–water partition coefficient (Wildman–Crippen LogP) is 3.67. The molecule has 1 aromatic carbocycles. The van der Waals surface area contributed by atoms with E-state index in [9.17, 15) is 0 Å². The summed E-state index contributed by atoms with van der Waals surface area (Å²) in [6.45, 7) is 5.48. The van der Waals surface area contributed by atoms with Crippen LogP contribution in [-0.4, -0.2) is 12.5 Å². The van der Waals surface area contributed by atoms with Gasteiger partial charge in [-0.3, -0.25) is 0 Å². The van der Waals surface area contributed by atoms with Crippen LogP contribution in [-0.2, 0) is 6.54 Å². The van der Waals surface area contributed by atoms with Gasteiger partial charge in [0.25, 0.3) is 0 Å². The molecule has 1 rings (SSSR count). The molecular formula is C12H18Cl2IN3. The van der Waals surface area contributed by atoms with Gasteiger partial charge in [0.2, 0.25) is 0 Å². The SMILES string of the molecule is CC(C)CNC(N)=NCc1ccc(Cl)cc1Cl.I. The molecule has 0 saturated carbocycles. The molecule has 0 atom stereocenters. The molecule has 1 aromatic rings. The molecule has 0 heterocycles. The molecule has 0 unspecified atom stereocenters. The number of nitrogens with one attached hydrogen (secondary N) is 1. The Morgan fingerprint density at radius 3 is 2.61 bits per heavy atom. The monoisotopic (exact) mass is 401 g/mol. The van der Waals surface area contributed by atoms with Crippen molar-refractivity contribution >= 4 is 53.1 Å². The van der Waals surface area contributed by atoms with E-state index in [0.717, 1.165) is 12.1 Å². The molecule has 6 heteroatoms. The highest BCUT2D eigenvalue weighted by molar-refractivity contribution is 14.0. The highest BCUT2D eigenvalue weighted by atomic mass is 127. The zero-order valence-electron chi connectivity index (χ0n) is 10.4. The van der Waals surface area contributed by atoms with Gasteiger partial charge in [-0.25, -0.2) is 4.99 Å². The summed E-state index contributed by atoms with van der Waals surface area (Å²) in [6, 6.07) is 5.34. The van der Waals surface area contributed by atoms with Crippen molar-refractivity contribution in [3.8, 4) is 0 Å². The first kappa shape index (κ1) is 17.8. The molecule has 0 radical (unpaired) electrons. The van der Waals surface area contributed by atoms with E-state index < -0.39 is 0 Å². The first-order chi connectivity index (χ1) is 7.99. The van der Waals surface area contributed by atoms with E-state index in [1.165, 1.54) is 0 Å². The van der Waals surface area contributed by atoms with Crippen molar-refractivity contribution in [3.05, 3.63) is 33.8 Å². The third kappa shape index (κ3) is 6.66. The van der Waals surface area contributed by atoms with Gasteiger partial charge in [0.15, 0.2) is 5.96 Å². The number of guanidine groups is 1. The van der Waals surface area contributed by atoms with E-state index in [4.69, 9.17) is 28.9 Å². The molecule has 0 bridgehead atoms. The Hall–Kier alpha value is -0.200. The maximum absolute atomic E-state index is 6.03. The van der Waals surface area contributed by atoms with Crippen LogP contribution in [0, 0.1) is 5.92 Å². The van der Waals surface area contributed by atoms with Crippen LogP contribution >= 0.6 is 47.2 Å². The summed E-state index contributed by atoms with van der Waals surface area (Å²) in [6.07, 6.45) is 0. The number of nitrogens with two attached hydrogens (primary N) is 1. The molecule has 102 valence electrons. The summed E-state index contributed by atoms with van der Waals surface area (Å²) in [4.78, 5) is 4.21. The maximum atomic E-state index is 6.03. The first-order valence-corrected chi connectivity index (χ1v) is 6.22. The molecular weight excluding hydrogens is 384 g/mol. The summed E-state index contributed by atoms with van der Waals surface area (Å²) in [5, 5.41) is 4.27. The molecule has 0 fully saturated rings. The topological polar surface area (TPSA) is 50.4 Å². The van der Waals surface area contributed by atoms with Gasteiger partial charge in [-0.1, -0.05) is 43.1 Å². The van der Waals surface area contributed by atoms with Gasteiger partial charge < -0.3 is 11.1 Å². The van der Waals surface area contributed by atoms with Crippen molar-refractivity contribution in [1.82, 2.24) is 5.32 Å². The van der Waals surface area contributed by atoms with Crippen LogP contribution in [0.5, 0.6) is 0 Å². The third-order valence-electron chi connectivity index (χ3n) is 2.13. The normalized spacial score (nSPS) is 11.3. The summed E-state index contributed by atoms with van der Waals surface area (Å²) < 4.78 is 0. The number of hydrogen-bond donors (Lipinski definition) is 2. The number of nitrogens with zero attached hydrogens (tertiary/aromatic N) is 1. The Morgan fingerprint density at radius 1 is 1.39 bits per heavy atom. The lowest BCUT2D eigenvalue weighted by Crippen LogP contribution is -2.34. The molecule has 0 aromatic heterocycles. The van der Waals surface area contributed by atoms with Gasteiger partial charge in [-0.05, 0) is 23.6 Å². The second kappa shape index (κ2) is 8.82. The molecule has 3 N–H and O–H groups in total. The Balaban J connectivity index is 0.00000289. The van der Waals surface area contributed by atoms with Crippen molar-refractivity contribution in [2.24, 2.45) is 16.6 Å². The van der Waals surface area contributed by atoms with E-state index >= 15 is 0 Å². The zero-order chi connectivity index (χ0) is 12.8. The van der Waals surface area contributed by atoms with E-state index in [1.54, 1.807) is 12.1 Å². The van der Waals surface area contributed by atoms with Crippen LogP contribution in [0.4, 0.5) is 0 Å². The second-order valence-corrected chi connectivity index (χ2v) is 5.06. The molecule has 0 spiro atoms. The summed E-state index contributed by atoms with van der Waals surface area (Å²) >= 11 is 11.8. The molecule has 0 aliphatic rings. The lowest BCUT2D eigenvalue weighted by Gasteiger charge is -2.08. The van der Waals surface area contributed by atoms with Crippen LogP contribution < -0.4 is 11.1 Å². The second-order valence-electron chi connectivity index (χ2n) is 4.21. The smallest absolute Gasteiger partial charge is 0.188 e. The van der Waals surface area contributed by atoms with Crippen LogP contribution in [0.25, 0.3) is 0 Å². The number of aliphatic imine (C=N–C) groups is 1. The number of rotatable bonds is 4. The Labute approximate surface area is 135 Å². The maximum Gasteiger partial charge on any atom is 0.188 e. The Kier molecular flexibility index (Phi) is 8.73. The number of halogens is 3. The lowest BCUT2D eigenvalue weighted by atomic mass is 10.2. The van der Waals surface area contributed by atoms with Crippen molar-refractivity contribution in [2.75, 3.05) is 6.54 Å². The minimum absolute atomic E-state index is 0. The molecule has 0 aliphatic heterocycles. The van der Waals surface area contributed by atoms with Crippen LogP contribution in [0.15, 0.2) is 23.2 Å². The lowest BCUT2D eigenvalue weighted by molar-refractivity contribution is 0.622. The first-order valence-electron chi connectivity index (χ1n) is 5.46. The highest BCUT2D eigenvalue weighted by Crippen LogP contribution is 2.21. The highest BCUT2D eigenvalue weighted by Gasteiger charge is 2.01.